The average Bonchev–Trinajstić information content (AvgIpc) is 2.94. The lowest BCUT2D eigenvalue weighted by atomic mass is 9.86. The Morgan fingerprint density at radius 1 is 1.04 bits per heavy atom. The largest absolute Gasteiger partial charge is 0.341 e. The van der Waals surface area contributed by atoms with Crippen molar-refractivity contribution in [2.24, 2.45) is 0 Å². The van der Waals surface area contributed by atoms with E-state index in [4.69, 9.17) is 0 Å². The predicted molar refractivity (Wildman–Crippen MR) is 103 cm³/mol. The Hall–Kier alpha value is -1.88. The second-order valence-electron chi connectivity index (χ2n) is 8.63. The highest BCUT2D eigenvalue weighted by atomic mass is 16.2. The van der Waals surface area contributed by atoms with Crippen molar-refractivity contribution in [3.05, 3.63) is 35.4 Å². The van der Waals surface area contributed by atoms with Gasteiger partial charge >= 0.3 is 0 Å². The van der Waals surface area contributed by atoms with E-state index in [0.717, 1.165) is 39.0 Å². The normalized spacial score (nSPS) is 24.1. The molecule has 1 N–H and O–H groups in total. The fraction of sp³-hybridized carbons (Fsp3) is 0.619. The highest BCUT2D eigenvalue weighted by Crippen LogP contribution is 2.23. The van der Waals surface area contributed by atoms with Crippen LogP contribution in [-0.2, 0) is 10.2 Å². The van der Waals surface area contributed by atoms with Crippen LogP contribution in [0.5, 0.6) is 0 Å². The van der Waals surface area contributed by atoms with E-state index in [0.29, 0.717) is 11.6 Å². The van der Waals surface area contributed by atoms with Crippen LogP contribution in [-0.4, -0.2) is 59.9 Å². The van der Waals surface area contributed by atoms with Crippen molar-refractivity contribution < 1.29 is 9.59 Å². The molecule has 1 unspecified atom stereocenters. The molecule has 0 aromatic heterocycles. The lowest BCUT2D eigenvalue weighted by Crippen LogP contribution is -2.51. The maximum Gasteiger partial charge on any atom is 0.251 e. The van der Waals surface area contributed by atoms with Gasteiger partial charge in [0.25, 0.3) is 5.91 Å². The smallest absolute Gasteiger partial charge is 0.251 e. The Bertz CT molecular complexity index is 655. The molecule has 3 heterocycles. The van der Waals surface area contributed by atoms with Crippen LogP contribution < -0.4 is 5.32 Å². The molecule has 1 aromatic rings. The minimum absolute atomic E-state index is 0.0402. The Balaban J connectivity index is 1.62. The van der Waals surface area contributed by atoms with Crippen molar-refractivity contribution in [2.75, 3.05) is 26.2 Å². The van der Waals surface area contributed by atoms with E-state index in [9.17, 15) is 9.59 Å². The molecule has 3 aliphatic heterocycles. The van der Waals surface area contributed by atoms with Gasteiger partial charge in [-0.25, -0.2) is 0 Å². The van der Waals surface area contributed by atoms with Gasteiger partial charge in [0, 0.05) is 37.8 Å². The van der Waals surface area contributed by atoms with Gasteiger partial charge in [-0.1, -0.05) is 32.9 Å². The first-order valence-corrected chi connectivity index (χ1v) is 9.70. The highest BCUT2D eigenvalue weighted by Gasteiger charge is 2.34. The highest BCUT2D eigenvalue weighted by molar-refractivity contribution is 5.97. The summed E-state index contributed by atoms with van der Waals surface area (Å²) in [5.74, 6) is -0.146. The van der Waals surface area contributed by atoms with Crippen LogP contribution in [0.3, 0.4) is 0 Å². The van der Waals surface area contributed by atoms with Crippen molar-refractivity contribution in [2.45, 2.75) is 58.0 Å². The first-order chi connectivity index (χ1) is 12.3. The average molecular weight is 357 g/mol. The van der Waals surface area contributed by atoms with E-state index in [-0.39, 0.29) is 17.2 Å². The zero-order chi connectivity index (χ0) is 18.9. The van der Waals surface area contributed by atoms with E-state index in [1.165, 1.54) is 5.56 Å². The van der Waals surface area contributed by atoms with Gasteiger partial charge in [-0.05, 0) is 42.9 Å². The Labute approximate surface area is 156 Å². The number of rotatable bonds is 3. The molecule has 0 aliphatic carbocycles. The Morgan fingerprint density at radius 2 is 1.65 bits per heavy atom. The molecular weight excluding hydrogens is 326 g/mol. The number of hydrogen-bond donors (Lipinski definition) is 1. The van der Waals surface area contributed by atoms with Crippen LogP contribution in [0.15, 0.2) is 24.3 Å². The molecule has 3 saturated heterocycles. The van der Waals surface area contributed by atoms with Crippen molar-refractivity contribution >= 4 is 11.8 Å². The third-order valence-electron chi connectivity index (χ3n) is 5.67. The van der Waals surface area contributed by atoms with E-state index in [1.807, 2.05) is 29.2 Å². The molecule has 0 spiro atoms. The van der Waals surface area contributed by atoms with Gasteiger partial charge in [0.05, 0.1) is 0 Å². The van der Waals surface area contributed by atoms with Crippen LogP contribution in [0.1, 0.15) is 56.5 Å². The lowest BCUT2D eigenvalue weighted by Gasteiger charge is -2.33. The van der Waals surface area contributed by atoms with Gasteiger partial charge in [-0.3, -0.25) is 9.59 Å². The molecule has 5 heteroatoms. The maximum atomic E-state index is 12.9. The molecule has 2 amide bonds. The SMILES string of the molecule is CC(NC(=O)c1ccc(C(C)(C)C)cc1)C(=O)N1CCN2CCC1CC2. The molecule has 142 valence electrons. The van der Waals surface area contributed by atoms with E-state index in [1.54, 1.807) is 6.92 Å². The van der Waals surface area contributed by atoms with Crippen molar-refractivity contribution in [1.82, 2.24) is 15.1 Å². The van der Waals surface area contributed by atoms with Crippen LogP contribution >= 0.6 is 0 Å². The minimum atomic E-state index is -0.503. The molecule has 3 fully saturated rings. The van der Waals surface area contributed by atoms with Gasteiger partial charge in [0.2, 0.25) is 5.91 Å². The molecule has 1 atom stereocenters. The molecule has 0 radical (unpaired) electrons. The molecule has 2 bridgehead atoms. The third-order valence-corrected chi connectivity index (χ3v) is 5.67. The van der Waals surface area contributed by atoms with E-state index < -0.39 is 6.04 Å². The van der Waals surface area contributed by atoms with E-state index in [2.05, 4.69) is 31.0 Å². The number of piperidine rings is 1. The summed E-state index contributed by atoms with van der Waals surface area (Å²) in [5.41, 5.74) is 1.84. The number of fused-ring (bicyclic) bond motifs is 4. The number of nitrogens with one attached hydrogen (secondary N) is 1. The van der Waals surface area contributed by atoms with Gasteiger partial charge in [0.15, 0.2) is 0 Å². The fourth-order valence-corrected chi connectivity index (χ4v) is 3.89. The van der Waals surface area contributed by atoms with Crippen molar-refractivity contribution in [3.63, 3.8) is 0 Å². The summed E-state index contributed by atoms with van der Waals surface area (Å²) in [6.07, 6.45) is 2.08. The molecule has 4 rings (SSSR count). The first kappa shape index (κ1) is 18.9. The quantitative estimate of drug-likeness (QED) is 0.904. The van der Waals surface area contributed by atoms with Gasteiger partial charge in [0.1, 0.15) is 6.04 Å². The topological polar surface area (TPSA) is 52.7 Å². The summed E-state index contributed by atoms with van der Waals surface area (Å²) in [6.45, 7) is 12.1. The minimum Gasteiger partial charge on any atom is -0.341 e. The summed E-state index contributed by atoms with van der Waals surface area (Å²) < 4.78 is 0. The summed E-state index contributed by atoms with van der Waals surface area (Å²) in [5, 5.41) is 2.89. The zero-order valence-corrected chi connectivity index (χ0v) is 16.4. The van der Waals surface area contributed by atoms with E-state index >= 15 is 0 Å². The molecule has 0 saturated carbocycles. The predicted octanol–water partition coefficient (Wildman–Crippen LogP) is 2.41. The van der Waals surface area contributed by atoms with Crippen LogP contribution in [0.25, 0.3) is 0 Å². The standard InChI is InChI=1S/C21H31N3O2/c1-15(20(26)24-14-13-23-11-9-18(24)10-12-23)22-19(25)16-5-7-17(8-6-16)21(2,3)4/h5-8,15,18H,9-14H2,1-4H3,(H,22,25). The molecule has 1 aromatic carbocycles. The third kappa shape index (κ3) is 4.09. The number of benzene rings is 1. The molecule has 5 nitrogen and oxygen atoms in total. The maximum absolute atomic E-state index is 12.9. The van der Waals surface area contributed by atoms with Crippen molar-refractivity contribution in [3.8, 4) is 0 Å². The zero-order valence-electron chi connectivity index (χ0n) is 16.4. The summed E-state index contributed by atoms with van der Waals surface area (Å²) >= 11 is 0. The second kappa shape index (κ2) is 7.39. The number of carbonyl (C=O) groups is 2. The summed E-state index contributed by atoms with van der Waals surface area (Å²) in [7, 11) is 0. The monoisotopic (exact) mass is 357 g/mol. The van der Waals surface area contributed by atoms with Crippen LogP contribution in [0.2, 0.25) is 0 Å². The summed E-state index contributed by atoms with van der Waals surface area (Å²) in [6, 6.07) is 7.48. The first-order valence-electron chi connectivity index (χ1n) is 9.70. The second-order valence-corrected chi connectivity index (χ2v) is 8.63. The molecule has 3 aliphatic rings. The fourth-order valence-electron chi connectivity index (χ4n) is 3.89. The number of carbonyl (C=O) groups excluding carboxylic acids is 2. The number of nitrogens with zero attached hydrogens (tertiary/aromatic N) is 2. The lowest BCUT2D eigenvalue weighted by molar-refractivity contribution is -0.134. The molecular formula is C21H31N3O2. The van der Waals surface area contributed by atoms with Gasteiger partial charge < -0.3 is 15.1 Å². The van der Waals surface area contributed by atoms with Crippen LogP contribution in [0, 0.1) is 0 Å². The van der Waals surface area contributed by atoms with Crippen molar-refractivity contribution in [1.29, 1.82) is 0 Å². The molecule has 26 heavy (non-hydrogen) atoms. The Morgan fingerprint density at radius 3 is 2.23 bits per heavy atom. The Kier molecular flexibility index (Phi) is 5.37. The number of hydrogen-bond acceptors (Lipinski definition) is 3. The number of amides is 2. The van der Waals surface area contributed by atoms with Gasteiger partial charge in [-0.2, -0.15) is 0 Å². The van der Waals surface area contributed by atoms with Crippen LogP contribution in [0.4, 0.5) is 0 Å². The summed E-state index contributed by atoms with van der Waals surface area (Å²) in [4.78, 5) is 29.8. The van der Waals surface area contributed by atoms with Gasteiger partial charge in [-0.15, -0.1) is 0 Å².